The van der Waals surface area contributed by atoms with Gasteiger partial charge in [-0.05, 0) is 34.1 Å². The summed E-state index contributed by atoms with van der Waals surface area (Å²) in [5.74, 6) is 0.539. The van der Waals surface area contributed by atoms with E-state index in [4.69, 9.17) is 0 Å². The van der Waals surface area contributed by atoms with Gasteiger partial charge in [0.1, 0.15) is 0 Å². The lowest BCUT2D eigenvalue weighted by molar-refractivity contribution is 0.590. The third-order valence-electron chi connectivity index (χ3n) is 3.89. The van der Waals surface area contributed by atoms with Gasteiger partial charge in [0, 0.05) is 12.2 Å². The molecule has 0 heterocycles. The van der Waals surface area contributed by atoms with E-state index in [2.05, 4.69) is 88.5 Å². The lowest BCUT2D eigenvalue weighted by Crippen LogP contribution is -2.11. The van der Waals surface area contributed by atoms with Gasteiger partial charge in [-0.3, -0.25) is 0 Å². The van der Waals surface area contributed by atoms with Gasteiger partial charge >= 0.3 is 0 Å². The number of hydrogen-bond acceptors (Lipinski definition) is 1. The highest BCUT2D eigenvalue weighted by Crippen LogP contribution is 2.25. The van der Waals surface area contributed by atoms with Gasteiger partial charge < -0.3 is 5.32 Å². The van der Waals surface area contributed by atoms with Crippen molar-refractivity contribution in [2.24, 2.45) is 0 Å². The molecule has 0 saturated carbocycles. The van der Waals surface area contributed by atoms with Crippen LogP contribution in [0.2, 0.25) is 0 Å². The van der Waals surface area contributed by atoms with Crippen LogP contribution in [-0.4, -0.2) is 0 Å². The van der Waals surface area contributed by atoms with E-state index < -0.39 is 0 Å². The first-order valence-electron chi connectivity index (χ1n) is 7.80. The van der Waals surface area contributed by atoms with Crippen molar-refractivity contribution in [3.8, 4) is 0 Å². The Kier molecular flexibility index (Phi) is 4.72. The molecule has 0 atom stereocenters. The van der Waals surface area contributed by atoms with E-state index in [0.717, 1.165) is 6.54 Å². The van der Waals surface area contributed by atoms with Gasteiger partial charge in [0.2, 0.25) is 0 Å². The SMILES string of the molecule is CC(C)c1ccccc1NCc1ccc(C(C)(C)C)cc1. The molecule has 0 amide bonds. The van der Waals surface area contributed by atoms with E-state index in [-0.39, 0.29) is 5.41 Å². The van der Waals surface area contributed by atoms with Crippen LogP contribution in [0.5, 0.6) is 0 Å². The first-order chi connectivity index (χ1) is 9.88. The molecule has 0 aliphatic carbocycles. The number of para-hydroxylation sites is 1. The Labute approximate surface area is 129 Å². The molecule has 1 N–H and O–H groups in total. The minimum Gasteiger partial charge on any atom is -0.381 e. The topological polar surface area (TPSA) is 12.0 Å². The Morgan fingerprint density at radius 1 is 0.905 bits per heavy atom. The Hall–Kier alpha value is -1.76. The average Bonchev–Trinajstić information content (AvgIpc) is 2.45. The molecule has 2 aromatic carbocycles. The summed E-state index contributed by atoms with van der Waals surface area (Å²) in [4.78, 5) is 0. The second-order valence-corrected chi connectivity index (χ2v) is 7.04. The fraction of sp³-hybridized carbons (Fsp3) is 0.400. The van der Waals surface area contributed by atoms with Gasteiger partial charge in [0.05, 0.1) is 0 Å². The second kappa shape index (κ2) is 6.34. The molecule has 0 aliphatic rings. The molecule has 0 saturated heterocycles. The van der Waals surface area contributed by atoms with Gasteiger partial charge in [0.25, 0.3) is 0 Å². The number of rotatable bonds is 4. The lowest BCUT2D eigenvalue weighted by Gasteiger charge is -2.19. The summed E-state index contributed by atoms with van der Waals surface area (Å²) in [6, 6.07) is 17.5. The van der Waals surface area contributed by atoms with E-state index in [1.54, 1.807) is 0 Å². The summed E-state index contributed by atoms with van der Waals surface area (Å²) in [5, 5.41) is 3.57. The van der Waals surface area contributed by atoms with Crippen molar-refractivity contribution in [3.05, 3.63) is 65.2 Å². The molecular formula is C20H27N. The number of hydrogen-bond donors (Lipinski definition) is 1. The highest BCUT2D eigenvalue weighted by atomic mass is 14.9. The number of benzene rings is 2. The first-order valence-corrected chi connectivity index (χ1v) is 7.80. The molecule has 0 aliphatic heterocycles. The van der Waals surface area contributed by atoms with Crippen molar-refractivity contribution in [2.75, 3.05) is 5.32 Å². The maximum Gasteiger partial charge on any atom is 0.0400 e. The Morgan fingerprint density at radius 3 is 2.10 bits per heavy atom. The molecule has 0 bridgehead atoms. The Morgan fingerprint density at radius 2 is 1.52 bits per heavy atom. The molecular weight excluding hydrogens is 254 g/mol. The first kappa shape index (κ1) is 15.6. The molecule has 0 aromatic heterocycles. The second-order valence-electron chi connectivity index (χ2n) is 7.04. The molecule has 0 fully saturated rings. The van der Waals surface area contributed by atoms with Crippen molar-refractivity contribution in [1.29, 1.82) is 0 Å². The zero-order valence-corrected chi connectivity index (χ0v) is 13.9. The molecule has 0 unspecified atom stereocenters. The Bertz CT molecular complexity index is 574. The van der Waals surface area contributed by atoms with Crippen molar-refractivity contribution >= 4 is 5.69 Å². The minimum absolute atomic E-state index is 0.218. The predicted octanol–water partition coefficient (Wildman–Crippen LogP) is 5.72. The van der Waals surface area contributed by atoms with Crippen LogP contribution in [0.3, 0.4) is 0 Å². The van der Waals surface area contributed by atoms with Gasteiger partial charge in [0.15, 0.2) is 0 Å². The summed E-state index contributed by atoms with van der Waals surface area (Å²) in [7, 11) is 0. The lowest BCUT2D eigenvalue weighted by atomic mass is 9.87. The quantitative estimate of drug-likeness (QED) is 0.755. The van der Waals surface area contributed by atoms with Crippen LogP contribution in [0.4, 0.5) is 5.69 Å². The summed E-state index contributed by atoms with van der Waals surface area (Å²) in [6.45, 7) is 12.1. The molecule has 112 valence electrons. The molecule has 0 radical (unpaired) electrons. The summed E-state index contributed by atoms with van der Waals surface area (Å²) < 4.78 is 0. The standard InChI is InChI=1S/C20H27N/c1-15(2)18-8-6-7-9-19(18)21-14-16-10-12-17(13-11-16)20(3,4)5/h6-13,15,21H,14H2,1-5H3. The highest BCUT2D eigenvalue weighted by molar-refractivity contribution is 5.52. The maximum atomic E-state index is 3.57. The molecule has 21 heavy (non-hydrogen) atoms. The van der Waals surface area contributed by atoms with Crippen LogP contribution in [0, 0.1) is 0 Å². The molecule has 1 heteroatoms. The third-order valence-corrected chi connectivity index (χ3v) is 3.89. The van der Waals surface area contributed by atoms with Crippen molar-refractivity contribution < 1.29 is 0 Å². The maximum absolute atomic E-state index is 3.57. The normalized spacial score (nSPS) is 11.7. The van der Waals surface area contributed by atoms with Gasteiger partial charge in [-0.15, -0.1) is 0 Å². The molecule has 0 spiro atoms. The van der Waals surface area contributed by atoms with Gasteiger partial charge in [-0.2, -0.15) is 0 Å². The fourth-order valence-corrected chi connectivity index (χ4v) is 2.48. The predicted molar refractivity (Wildman–Crippen MR) is 93.0 cm³/mol. The Balaban J connectivity index is 2.07. The average molecular weight is 281 g/mol. The largest absolute Gasteiger partial charge is 0.381 e. The van der Waals surface area contributed by atoms with E-state index in [1.807, 2.05) is 0 Å². The van der Waals surface area contributed by atoms with Crippen LogP contribution < -0.4 is 5.32 Å². The van der Waals surface area contributed by atoms with E-state index >= 15 is 0 Å². The van der Waals surface area contributed by atoms with Crippen LogP contribution in [0.15, 0.2) is 48.5 Å². The van der Waals surface area contributed by atoms with Crippen LogP contribution >= 0.6 is 0 Å². The summed E-state index contributed by atoms with van der Waals surface area (Å²) >= 11 is 0. The number of nitrogens with one attached hydrogen (secondary N) is 1. The van der Waals surface area contributed by atoms with Crippen molar-refractivity contribution in [2.45, 2.75) is 52.5 Å². The molecule has 1 nitrogen and oxygen atoms in total. The smallest absolute Gasteiger partial charge is 0.0400 e. The van der Waals surface area contributed by atoms with Crippen LogP contribution in [0.1, 0.15) is 57.2 Å². The summed E-state index contributed by atoms with van der Waals surface area (Å²) in [6.07, 6.45) is 0. The summed E-state index contributed by atoms with van der Waals surface area (Å²) in [5.41, 5.74) is 5.54. The zero-order chi connectivity index (χ0) is 15.5. The van der Waals surface area contributed by atoms with E-state index in [1.165, 1.54) is 22.4 Å². The van der Waals surface area contributed by atoms with Gasteiger partial charge in [-0.1, -0.05) is 77.1 Å². The minimum atomic E-state index is 0.218. The van der Waals surface area contributed by atoms with Crippen molar-refractivity contribution in [1.82, 2.24) is 0 Å². The highest BCUT2D eigenvalue weighted by Gasteiger charge is 2.12. The van der Waals surface area contributed by atoms with Crippen molar-refractivity contribution in [3.63, 3.8) is 0 Å². The third kappa shape index (κ3) is 4.10. The van der Waals surface area contributed by atoms with Crippen LogP contribution in [-0.2, 0) is 12.0 Å². The molecule has 2 rings (SSSR count). The number of anilines is 1. The van der Waals surface area contributed by atoms with Gasteiger partial charge in [-0.25, -0.2) is 0 Å². The monoisotopic (exact) mass is 281 g/mol. The zero-order valence-electron chi connectivity index (χ0n) is 13.9. The molecule has 2 aromatic rings. The fourth-order valence-electron chi connectivity index (χ4n) is 2.48. The van der Waals surface area contributed by atoms with E-state index in [9.17, 15) is 0 Å². The van der Waals surface area contributed by atoms with E-state index in [0.29, 0.717) is 5.92 Å². The van der Waals surface area contributed by atoms with Crippen LogP contribution in [0.25, 0.3) is 0 Å².